The second kappa shape index (κ2) is 6.45. The Morgan fingerprint density at radius 1 is 1.43 bits per heavy atom. The number of esters is 1. The zero-order valence-electron chi connectivity index (χ0n) is 13.0. The number of aliphatic hydroxyl groups is 1. The summed E-state index contributed by atoms with van der Waals surface area (Å²) in [6, 6.07) is 3.06. The summed E-state index contributed by atoms with van der Waals surface area (Å²) in [7, 11) is -4.29. The van der Waals surface area contributed by atoms with Crippen molar-refractivity contribution in [3.63, 3.8) is 0 Å². The highest BCUT2D eigenvalue weighted by molar-refractivity contribution is 7.95. The lowest BCUT2D eigenvalue weighted by molar-refractivity contribution is -0.137. The Labute approximate surface area is 133 Å². The van der Waals surface area contributed by atoms with Gasteiger partial charge in [0.15, 0.2) is 0 Å². The van der Waals surface area contributed by atoms with Crippen LogP contribution in [0, 0.1) is 6.92 Å². The van der Waals surface area contributed by atoms with Gasteiger partial charge < -0.3 is 19.6 Å². The Morgan fingerprint density at radius 2 is 2.13 bits per heavy atom. The molecular weight excluding hydrogens is 324 g/mol. The second-order valence-corrected chi connectivity index (χ2v) is 6.41. The Hall–Kier alpha value is -2.29. The third-order valence-corrected chi connectivity index (χ3v) is 4.51. The molecule has 0 aromatic carbocycles. The molecule has 0 spiro atoms. The average Bonchev–Trinajstić information content (AvgIpc) is 2.97. The number of hydrogen-bond acceptors (Lipinski definition) is 6. The monoisotopic (exact) mass is 342 g/mol. The van der Waals surface area contributed by atoms with Crippen molar-refractivity contribution in [2.75, 3.05) is 6.61 Å². The Balaban J connectivity index is 2.42. The van der Waals surface area contributed by atoms with Gasteiger partial charge in [-0.15, -0.1) is 4.40 Å². The van der Waals surface area contributed by atoms with Crippen LogP contribution >= 0.6 is 0 Å². The van der Waals surface area contributed by atoms with Gasteiger partial charge in [-0.3, -0.25) is 0 Å². The largest absolute Gasteiger partial charge is 0.491 e. The first-order chi connectivity index (χ1) is 10.8. The first-order valence-electron chi connectivity index (χ1n) is 7.08. The van der Waals surface area contributed by atoms with Crippen molar-refractivity contribution in [3.05, 3.63) is 34.3 Å². The zero-order chi connectivity index (χ0) is 17.2. The first-order valence-corrected chi connectivity index (χ1v) is 8.52. The van der Waals surface area contributed by atoms with Crippen molar-refractivity contribution < 1.29 is 27.5 Å². The lowest BCUT2D eigenvalue weighted by atomic mass is 10.1. The molecular formula is C14H18N2O6S. The van der Waals surface area contributed by atoms with Crippen LogP contribution in [-0.2, 0) is 19.6 Å². The van der Waals surface area contributed by atoms with Crippen LogP contribution in [0.25, 0.3) is 0 Å². The fourth-order valence-corrected chi connectivity index (χ4v) is 3.25. The van der Waals surface area contributed by atoms with Crippen molar-refractivity contribution in [2.45, 2.75) is 33.2 Å². The van der Waals surface area contributed by atoms with E-state index in [1.165, 1.54) is 0 Å². The standard InChI is InChI=1S/C14H18N2O6S/c1-4-9(10-7-6-8(3)22-10)15-11-12(14(18)21-5-2)23(19,20)16-13(11)17/h6-7,9,15H,4-5H2,1-3H3,(H,16,17)/t9-/m1/s1. The number of nitrogens with one attached hydrogen (secondary N) is 1. The predicted octanol–water partition coefficient (Wildman–Crippen LogP) is 1.70. The molecule has 0 aliphatic carbocycles. The van der Waals surface area contributed by atoms with Gasteiger partial charge in [0.05, 0.1) is 12.6 Å². The number of ether oxygens (including phenoxy) is 1. The predicted molar refractivity (Wildman–Crippen MR) is 82.3 cm³/mol. The van der Waals surface area contributed by atoms with Gasteiger partial charge >= 0.3 is 5.97 Å². The van der Waals surface area contributed by atoms with Gasteiger partial charge in [0.25, 0.3) is 10.0 Å². The van der Waals surface area contributed by atoms with E-state index in [2.05, 4.69) is 9.71 Å². The van der Waals surface area contributed by atoms with Gasteiger partial charge in [-0.25, -0.2) is 4.79 Å². The van der Waals surface area contributed by atoms with E-state index in [0.717, 1.165) is 0 Å². The van der Waals surface area contributed by atoms with Gasteiger partial charge in [0, 0.05) is 0 Å². The molecule has 9 heteroatoms. The topological polar surface area (TPSA) is 118 Å². The molecule has 2 N–H and O–H groups in total. The van der Waals surface area contributed by atoms with Gasteiger partial charge in [-0.2, -0.15) is 8.42 Å². The summed E-state index contributed by atoms with van der Waals surface area (Å²) < 4.78 is 37.3. The van der Waals surface area contributed by atoms with Gasteiger partial charge in [-0.05, 0) is 32.4 Å². The van der Waals surface area contributed by atoms with Gasteiger partial charge in [0.2, 0.25) is 10.8 Å². The molecule has 1 aromatic heterocycles. The highest BCUT2D eigenvalue weighted by Gasteiger charge is 2.39. The van der Waals surface area contributed by atoms with Gasteiger partial charge in [0.1, 0.15) is 17.2 Å². The molecule has 0 unspecified atom stereocenters. The minimum absolute atomic E-state index is 0.000476. The van der Waals surface area contributed by atoms with E-state index in [0.29, 0.717) is 17.9 Å². The van der Waals surface area contributed by atoms with E-state index in [9.17, 15) is 18.3 Å². The van der Waals surface area contributed by atoms with Crippen molar-refractivity contribution in [3.8, 4) is 0 Å². The van der Waals surface area contributed by atoms with Crippen molar-refractivity contribution in [1.82, 2.24) is 5.32 Å². The quantitative estimate of drug-likeness (QED) is 0.755. The van der Waals surface area contributed by atoms with Crippen molar-refractivity contribution >= 4 is 21.9 Å². The van der Waals surface area contributed by atoms with Crippen LogP contribution < -0.4 is 5.32 Å². The smallest absolute Gasteiger partial charge is 0.354 e. The maximum absolute atomic E-state index is 11.9. The normalized spacial score (nSPS) is 17.8. The number of rotatable bonds is 6. The molecule has 0 saturated carbocycles. The number of hydrogen-bond donors (Lipinski definition) is 2. The SMILES string of the molecule is CCOC(=O)C1=C(N[C@H](CC)c2ccc(C)o2)C(O)=NS1(=O)=O. The highest BCUT2D eigenvalue weighted by Crippen LogP contribution is 2.27. The van der Waals surface area contributed by atoms with Gasteiger partial charge in [-0.1, -0.05) is 6.92 Å². The lowest BCUT2D eigenvalue weighted by Crippen LogP contribution is -2.27. The molecule has 2 rings (SSSR count). The summed E-state index contributed by atoms with van der Waals surface area (Å²) in [6.07, 6.45) is 0.528. The molecule has 1 aromatic rings. The molecule has 0 saturated heterocycles. The van der Waals surface area contributed by atoms with Crippen LogP contribution in [0.5, 0.6) is 0 Å². The molecule has 8 nitrogen and oxygen atoms in total. The fraction of sp³-hybridized carbons (Fsp3) is 0.429. The molecule has 0 radical (unpaired) electrons. The van der Waals surface area contributed by atoms with E-state index in [4.69, 9.17) is 9.15 Å². The third-order valence-electron chi connectivity index (χ3n) is 3.21. The number of furan rings is 1. The number of carbonyl (C=O) groups is 1. The maximum Gasteiger partial charge on any atom is 0.354 e. The molecule has 1 atom stereocenters. The number of aliphatic hydroxyl groups excluding tert-OH is 1. The van der Waals surface area contributed by atoms with Crippen LogP contribution in [-0.4, -0.2) is 32.0 Å². The lowest BCUT2D eigenvalue weighted by Gasteiger charge is -2.17. The van der Waals surface area contributed by atoms with Crippen molar-refractivity contribution in [2.24, 2.45) is 4.40 Å². The first kappa shape index (κ1) is 17.1. The molecule has 23 heavy (non-hydrogen) atoms. The zero-order valence-corrected chi connectivity index (χ0v) is 13.8. The molecule has 1 aliphatic rings. The van der Waals surface area contributed by atoms with Crippen LogP contribution in [0.2, 0.25) is 0 Å². The van der Waals surface area contributed by atoms with Crippen LogP contribution in [0.1, 0.15) is 37.8 Å². The second-order valence-electron chi connectivity index (χ2n) is 4.87. The van der Waals surface area contributed by atoms with E-state index >= 15 is 0 Å². The Kier molecular flexibility index (Phi) is 4.79. The number of carbonyl (C=O) groups excluding carboxylic acids is 1. The van der Waals surface area contributed by atoms with Crippen molar-refractivity contribution in [1.29, 1.82) is 0 Å². The Bertz CT molecular complexity index is 775. The minimum atomic E-state index is -4.29. The molecule has 126 valence electrons. The van der Waals surface area contributed by atoms with E-state index < -0.39 is 32.8 Å². The summed E-state index contributed by atoms with van der Waals surface area (Å²) in [6.45, 7) is 5.17. The molecule has 0 bridgehead atoms. The molecule has 1 aliphatic heterocycles. The summed E-state index contributed by atoms with van der Waals surface area (Å²) in [5, 5.41) is 12.6. The van der Waals surface area contributed by atoms with Crippen LogP contribution in [0.3, 0.4) is 0 Å². The molecule has 2 heterocycles. The summed E-state index contributed by atoms with van der Waals surface area (Å²) in [5.41, 5.74) is -0.274. The highest BCUT2D eigenvalue weighted by atomic mass is 32.2. The number of nitrogens with zero attached hydrogens (tertiary/aromatic N) is 1. The third kappa shape index (κ3) is 3.39. The minimum Gasteiger partial charge on any atom is -0.491 e. The van der Waals surface area contributed by atoms with E-state index in [-0.39, 0.29) is 12.3 Å². The van der Waals surface area contributed by atoms with Crippen LogP contribution in [0.4, 0.5) is 0 Å². The van der Waals surface area contributed by atoms with E-state index in [1.807, 2.05) is 6.92 Å². The summed E-state index contributed by atoms with van der Waals surface area (Å²) in [4.78, 5) is 11.2. The summed E-state index contributed by atoms with van der Waals surface area (Å²) >= 11 is 0. The van der Waals surface area contributed by atoms with Crippen LogP contribution in [0.15, 0.2) is 31.5 Å². The number of sulfonamides is 1. The van der Waals surface area contributed by atoms with E-state index in [1.54, 1.807) is 26.0 Å². The maximum atomic E-state index is 11.9. The molecule has 0 amide bonds. The summed E-state index contributed by atoms with van der Waals surface area (Å²) in [5.74, 6) is -0.586. The fourth-order valence-electron chi connectivity index (χ4n) is 2.16. The number of aryl methyl sites for hydroxylation is 1. The average molecular weight is 342 g/mol. The Morgan fingerprint density at radius 3 is 2.65 bits per heavy atom. The molecule has 0 fully saturated rings.